The molecule has 0 radical (unpaired) electrons. The summed E-state index contributed by atoms with van der Waals surface area (Å²) >= 11 is 0. The molecule has 0 saturated heterocycles. The smallest absolute Gasteiger partial charge is 0.330 e. The minimum Gasteiger partial charge on any atom is -0.462 e. The predicted octanol–water partition coefficient (Wildman–Crippen LogP) is 1.89. The van der Waals surface area contributed by atoms with Gasteiger partial charge in [-0.1, -0.05) is 20.1 Å². The molecule has 0 aromatic heterocycles. The van der Waals surface area contributed by atoms with Gasteiger partial charge in [-0.05, 0) is 18.4 Å². The van der Waals surface area contributed by atoms with Crippen LogP contribution in [0.25, 0.3) is 0 Å². The molecule has 1 atom stereocenters. The number of carbonyl (C=O) groups excluding carboxylic acids is 2. The van der Waals surface area contributed by atoms with E-state index in [9.17, 15) is 9.59 Å². The Kier molecular flexibility index (Phi) is 6.37. The third-order valence-corrected chi connectivity index (χ3v) is 1.79. The van der Waals surface area contributed by atoms with Gasteiger partial charge in [-0.25, -0.2) is 4.79 Å². The number of hydrogen-bond acceptors (Lipinski definition) is 3. The molecule has 78 valence electrons. The van der Waals surface area contributed by atoms with E-state index in [1.165, 1.54) is 6.08 Å². The zero-order valence-electron chi connectivity index (χ0n) is 8.49. The number of carbonyl (C=O) groups is 2. The molecule has 3 heteroatoms. The van der Waals surface area contributed by atoms with Crippen LogP contribution in [-0.4, -0.2) is 18.4 Å². The summed E-state index contributed by atoms with van der Waals surface area (Å²) in [4.78, 5) is 21.6. The molecular weight excluding hydrogens is 180 g/mol. The van der Waals surface area contributed by atoms with Gasteiger partial charge in [0, 0.05) is 12.5 Å². The SMILES string of the molecule is C=CC(=O)CCC(C)COC(=O)C=C. The molecule has 0 aliphatic heterocycles. The summed E-state index contributed by atoms with van der Waals surface area (Å²) < 4.78 is 4.82. The molecule has 1 unspecified atom stereocenters. The van der Waals surface area contributed by atoms with Gasteiger partial charge in [0.25, 0.3) is 0 Å². The van der Waals surface area contributed by atoms with Crippen molar-refractivity contribution in [3.8, 4) is 0 Å². The van der Waals surface area contributed by atoms with Gasteiger partial charge in [0.15, 0.2) is 5.78 Å². The largest absolute Gasteiger partial charge is 0.462 e. The average molecular weight is 196 g/mol. The van der Waals surface area contributed by atoms with E-state index in [1.807, 2.05) is 6.92 Å². The highest BCUT2D eigenvalue weighted by atomic mass is 16.5. The van der Waals surface area contributed by atoms with Gasteiger partial charge >= 0.3 is 5.97 Å². The molecule has 0 aromatic rings. The van der Waals surface area contributed by atoms with E-state index in [4.69, 9.17) is 4.74 Å². The van der Waals surface area contributed by atoms with E-state index in [-0.39, 0.29) is 11.7 Å². The first-order valence-corrected chi connectivity index (χ1v) is 4.54. The fourth-order valence-electron chi connectivity index (χ4n) is 0.857. The molecule has 0 N–H and O–H groups in total. The van der Waals surface area contributed by atoms with Gasteiger partial charge in [0.1, 0.15) is 0 Å². The van der Waals surface area contributed by atoms with Crippen molar-refractivity contribution in [3.05, 3.63) is 25.3 Å². The molecule has 0 bridgehead atoms. The Balaban J connectivity index is 3.60. The van der Waals surface area contributed by atoms with Gasteiger partial charge in [-0.3, -0.25) is 4.79 Å². The minimum atomic E-state index is -0.424. The number of hydrogen-bond donors (Lipinski definition) is 0. The van der Waals surface area contributed by atoms with Crippen molar-refractivity contribution in [2.75, 3.05) is 6.61 Å². The highest BCUT2D eigenvalue weighted by Crippen LogP contribution is 2.06. The van der Waals surface area contributed by atoms with Crippen molar-refractivity contribution < 1.29 is 14.3 Å². The van der Waals surface area contributed by atoms with Gasteiger partial charge in [0.05, 0.1) is 6.61 Å². The number of allylic oxidation sites excluding steroid dienone is 1. The maximum Gasteiger partial charge on any atom is 0.330 e. The molecule has 0 rings (SSSR count). The van der Waals surface area contributed by atoms with E-state index < -0.39 is 5.97 Å². The van der Waals surface area contributed by atoms with E-state index in [0.29, 0.717) is 19.4 Å². The predicted molar refractivity (Wildman–Crippen MR) is 54.8 cm³/mol. The summed E-state index contributed by atoms with van der Waals surface area (Å²) in [5.41, 5.74) is 0. The van der Waals surface area contributed by atoms with Crippen LogP contribution in [-0.2, 0) is 14.3 Å². The average Bonchev–Trinajstić information content (AvgIpc) is 2.22. The van der Waals surface area contributed by atoms with Crippen molar-refractivity contribution >= 4 is 11.8 Å². The molecule has 0 fully saturated rings. The fraction of sp³-hybridized carbons (Fsp3) is 0.455. The molecule has 0 aromatic carbocycles. The first kappa shape index (κ1) is 12.6. The Morgan fingerprint density at radius 3 is 2.50 bits per heavy atom. The molecule has 0 spiro atoms. The standard InChI is InChI=1S/C11H16O3/c1-4-10(12)7-6-9(3)8-14-11(13)5-2/h4-5,9H,1-2,6-8H2,3H3. The monoisotopic (exact) mass is 196 g/mol. The number of rotatable bonds is 7. The third-order valence-electron chi connectivity index (χ3n) is 1.79. The topological polar surface area (TPSA) is 43.4 Å². The Hall–Kier alpha value is -1.38. The first-order valence-electron chi connectivity index (χ1n) is 4.54. The molecule has 3 nitrogen and oxygen atoms in total. The first-order chi connectivity index (χ1) is 6.60. The zero-order valence-corrected chi connectivity index (χ0v) is 8.49. The van der Waals surface area contributed by atoms with Crippen LogP contribution in [0.15, 0.2) is 25.3 Å². The van der Waals surface area contributed by atoms with Crippen LogP contribution in [0.3, 0.4) is 0 Å². The zero-order chi connectivity index (χ0) is 11.0. The molecule has 0 aliphatic carbocycles. The van der Waals surface area contributed by atoms with Gasteiger partial charge in [-0.15, -0.1) is 0 Å². The molecule has 0 saturated carbocycles. The van der Waals surface area contributed by atoms with Gasteiger partial charge in [0.2, 0.25) is 0 Å². The van der Waals surface area contributed by atoms with Gasteiger partial charge in [-0.2, -0.15) is 0 Å². The highest BCUT2D eigenvalue weighted by molar-refractivity contribution is 5.88. The van der Waals surface area contributed by atoms with E-state index >= 15 is 0 Å². The lowest BCUT2D eigenvalue weighted by atomic mass is 10.0. The lowest BCUT2D eigenvalue weighted by molar-refractivity contribution is -0.138. The fourth-order valence-corrected chi connectivity index (χ4v) is 0.857. The maximum absolute atomic E-state index is 10.9. The normalized spacial score (nSPS) is 11.5. The Morgan fingerprint density at radius 2 is 2.00 bits per heavy atom. The van der Waals surface area contributed by atoms with Crippen molar-refractivity contribution in [1.29, 1.82) is 0 Å². The summed E-state index contributed by atoms with van der Waals surface area (Å²) in [6.45, 7) is 8.91. The number of ether oxygens (including phenoxy) is 1. The lowest BCUT2D eigenvalue weighted by Crippen LogP contribution is -2.11. The molecule has 0 heterocycles. The van der Waals surface area contributed by atoms with Crippen LogP contribution >= 0.6 is 0 Å². The summed E-state index contributed by atoms with van der Waals surface area (Å²) in [7, 11) is 0. The second-order valence-corrected chi connectivity index (χ2v) is 3.15. The number of esters is 1. The summed E-state index contributed by atoms with van der Waals surface area (Å²) in [5, 5.41) is 0. The van der Waals surface area contributed by atoms with E-state index in [1.54, 1.807) is 0 Å². The van der Waals surface area contributed by atoms with Crippen molar-refractivity contribution in [2.24, 2.45) is 5.92 Å². The van der Waals surface area contributed by atoms with Crippen LogP contribution in [0.5, 0.6) is 0 Å². The quantitative estimate of drug-likeness (QED) is 0.461. The van der Waals surface area contributed by atoms with E-state index in [0.717, 1.165) is 6.08 Å². The molecule has 0 aliphatic rings. The second-order valence-electron chi connectivity index (χ2n) is 3.15. The number of ketones is 1. The van der Waals surface area contributed by atoms with Crippen LogP contribution in [0.4, 0.5) is 0 Å². The Labute approximate surface area is 84.4 Å². The van der Waals surface area contributed by atoms with Crippen LogP contribution in [0.2, 0.25) is 0 Å². The van der Waals surface area contributed by atoms with Crippen molar-refractivity contribution in [2.45, 2.75) is 19.8 Å². The summed E-state index contributed by atoms with van der Waals surface area (Å²) in [5.74, 6) is -0.221. The molecular formula is C11H16O3. The van der Waals surface area contributed by atoms with Crippen LogP contribution < -0.4 is 0 Å². The molecule has 14 heavy (non-hydrogen) atoms. The van der Waals surface area contributed by atoms with Crippen molar-refractivity contribution in [1.82, 2.24) is 0 Å². The Bertz CT molecular complexity index is 207. The van der Waals surface area contributed by atoms with Crippen LogP contribution in [0.1, 0.15) is 19.8 Å². The third kappa shape index (κ3) is 6.17. The summed E-state index contributed by atoms with van der Waals surface area (Å²) in [6.07, 6.45) is 3.59. The van der Waals surface area contributed by atoms with E-state index in [2.05, 4.69) is 13.2 Å². The van der Waals surface area contributed by atoms with Crippen LogP contribution in [0, 0.1) is 5.92 Å². The van der Waals surface area contributed by atoms with Crippen molar-refractivity contribution in [3.63, 3.8) is 0 Å². The maximum atomic E-state index is 10.9. The highest BCUT2D eigenvalue weighted by Gasteiger charge is 2.06. The molecule has 0 amide bonds. The van der Waals surface area contributed by atoms with Gasteiger partial charge < -0.3 is 4.74 Å². The minimum absolute atomic E-state index is 0.0203. The second kappa shape index (κ2) is 7.06. The Morgan fingerprint density at radius 1 is 1.36 bits per heavy atom. The summed E-state index contributed by atoms with van der Waals surface area (Å²) in [6, 6.07) is 0. The lowest BCUT2D eigenvalue weighted by Gasteiger charge is -2.09.